The maximum absolute atomic E-state index is 12.6. The number of rotatable bonds is 6. The van der Waals surface area contributed by atoms with Crippen LogP contribution in [0, 0.1) is 0 Å². The second-order valence-corrected chi connectivity index (χ2v) is 7.27. The van der Waals surface area contributed by atoms with Crippen LogP contribution in [-0.4, -0.2) is 43.6 Å². The molecule has 0 radical (unpaired) electrons. The van der Waals surface area contributed by atoms with Gasteiger partial charge in [0.05, 0.1) is 17.1 Å². The minimum atomic E-state index is -3.51. The molecule has 1 saturated heterocycles. The van der Waals surface area contributed by atoms with Gasteiger partial charge in [0.1, 0.15) is 0 Å². The molecule has 0 aromatic heterocycles. The summed E-state index contributed by atoms with van der Waals surface area (Å²) in [5.41, 5.74) is 0.705. The SMILES string of the molecule is CCN(CC1CCCO1)S(=O)(=O)c1ccc(C(C)O)cc1. The van der Waals surface area contributed by atoms with Gasteiger partial charge in [-0.3, -0.25) is 0 Å². The summed E-state index contributed by atoms with van der Waals surface area (Å²) in [6.45, 7) is 5.01. The van der Waals surface area contributed by atoms with Crippen molar-refractivity contribution < 1.29 is 18.3 Å². The summed E-state index contributed by atoms with van der Waals surface area (Å²) in [7, 11) is -3.51. The first-order valence-corrected chi connectivity index (χ1v) is 8.79. The van der Waals surface area contributed by atoms with Gasteiger partial charge in [-0.05, 0) is 37.5 Å². The summed E-state index contributed by atoms with van der Waals surface area (Å²) < 4.78 is 32.3. The Balaban J connectivity index is 2.17. The lowest BCUT2D eigenvalue weighted by Crippen LogP contribution is -2.37. The Morgan fingerprint density at radius 1 is 1.38 bits per heavy atom. The summed E-state index contributed by atoms with van der Waals surface area (Å²) in [5.74, 6) is 0. The van der Waals surface area contributed by atoms with Crippen LogP contribution in [0.25, 0.3) is 0 Å². The Kier molecular flexibility index (Phi) is 5.37. The third kappa shape index (κ3) is 3.83. The molecule has 6 heteroatoms. The maximum Gasteiger partial charge on any atom is 0.243 e. The molecule has 0 bridgehead atoms. The van der Waals surface area contributed by atoms with Gasteiger partial charge >= 0.3 is 0 Å². The fraction of sp³-hybridized carbons (Fsp3) is 0.600. The first-order chi connectivity index (χ1) is 9.95. The highest BCUT2D eigenvalue weighted by Gasteiger charge is 2.27. The van der Waals surface area contributed by atoms with Crippen molar-refractivity contribution in [3.05, 3.63) is 29.8 Å². The number of likely N-dealkylation sites (N-methyl/N-ethyl adjacent to an activating group) is 1. The fourth-order valence-corrected chi connectivity index (χ4v) is 3.96. The summed E-state index contributed by atoms with van der Waals surface area (Å²) >= 11 is 0. The van der Waals surface area contributed by atoms with Gasteiger partial charge in [0.2, 0.25) is 10.0 Å². The molecule has 5 nitrogen and oxygen atoms in total. The molecule has 2 atom stereocenters. The van der Waals surface area contributed by atoms with E-state index in [4.69, 9.17) is 4.74 Å². The first-order valence-electron chi connectivity index (χ1n) is 7.35. The molecule has 0 aliphatic carbocycles. The molecule has 2 rings (SSSR count). The third-order valence-electron chi connectivity index (χ3n) is 3.78. The predicted octanol–water partition coefficient (Wildman–Crippen LogP) is 1.93. The van der Waals surface area contributed by atoms with E-state index in [-0.39, 0.29) is 11.0 Å². The van der Waals surface area contributed by atoms with E-state index in [1.54, 1.807) is 31.2 Å². The van der Waals surface area contributed by atoms with Crippen LogP contribution in [0.5, 0.6) is 0 Å². The maximum atomic E-state index is 12.6. The molecule has 1 heterocycles. The van der Waals surface area contributed by atoms with Crippen molar-refractivity contribution in [3.63, 3.8) is 0 Å². The molecule has 0 saturated carbocycles. The van der Waals surface area contributed by atoms with Gasteiger partial charge in [0, 0.05) is 19.7 Å². The van der Waals surface area contributed by atoms with Gasteiger partial charge < -0.3 is 9.84 Å². The molecule has 0 spiro atoms. The molecule has 0 amide bonds. The van der Waals surface area contributed by atoms with E-state index in [1.807, 2.05) is 6.92 Å². The number of aliphatic hydroxyl groups is 1. The predicted molar refractivity (Wildman–Crippen MR) is 80.5 cm³/mol. The highest BCUT2D eigenvalue weighted by atomic mass is 32.2. The highest BCUT2D eigenvalue weighted by Crippen LogP contribution is 2.21. The Bertz CT molecular complexity index is 548. The second kappa shape index (κ2) is 6.87. The number of aliphatic hydroxyl groups excluding tert-OH is 1. The van der Waals surface area contributed by atoms with Crippen LogP contribution in [0.2, 0.25) is 0 Å². The van der Waals surface area contributed by atoms with Crippen molar-refractivity contribution in [2.24, 2.45) is 0 Å². The van der Waals surface area contributed by atoms with Crippen LogP contribution in [0.15, 0.2) is 29.2 Å². The third-order valence-corrected chi connectivity index (χ3v) is 5.74. The zero-order valence-electron chi connectivity index (χ0n) is 12.5. The number of ether oxygens (including phenoxy) is 1. The zero-order chi connectivity index (χ0) is 15.5. The normalized spacial score (nSPS) is 20.9. The van der Waals surface area contributed by atoms with Gasteiger partial charge in [-0.1, -0.05) is 19.1 Å². The number of nitrogens with zero attached hydrogens (tertiary/aromatic N) is 1. The number of benzene rings is 1. The van der Waals surface area contributed by atoms with Gasteiger partial charge in [-0.25, -0.2) is 8.42 Å². The van der Waals surface area contributed by atoms with Crippen LogP contribution in [-0.2, 0) is 14.8 Å². The molecule has 1 aliphatic heterocycles. The minimum absolute atomic E-state index is 0.00328. The molecule has 1 aromatic carbocycles. The molecule has 1 N–H and O–H groups in total. The number of sulfonamides is 1. The van der Waals surface area contributed by atoms with Crippen molar-refractivity contribution in [3.8, 4) is 0 Å². The quantitative estimate of drug-likeness (QED) is 0.871. The highest BCUT2D eigenvalue weighted by molar-refractivity contribution is 7.89. The van der Waals surface area contributed by atoms with Crippen LogP contribution in [0.3, 0.4) is 0 Å². The summed E-state index contributed by atoms with van der Waals surface area (Å²) in [4.78, 5) is 0.256. The molecule has 1 aromatic rings. The Hall–Kier alpha value is -0.950. The van der Waals surface area contributed by atoms with Gasteiger partial charge in [-0.2, -0.15) is 4.31 Å². The fourth-order valence-electron chi connectivity index (χ4n) is 2.48. The standard InChI is InChI=1S/C15H23NO4S/c1-3-16(11-14-5-4-10-20-14)21(18,19)15-8-6-13(7-9-15)12(2)17/h6-9,12,14,17H,3-5,10-11H2,1-2H3. The van der Waals surface area contributed by atoms with Crippen LogP contribution < -0.4 is 0 Å². The minimum Gasteiger partial charge on any atom is -0.389 e. The Morgan fingerprint density at radius 3 is 2.52 bits per heavy atom. The van der Waals surface area contributed by atoms with E-state index in [2.05, 4.69) is 0 Å². The summed E-state index contributed by atoms with van der Waals surface area (Å²) in [6.07, 6.45) is 1.30. The summed E-state index contributed by atoms with van der Waals surface area (Å²) in [5, 5.41) is 9.49. The largest absolute Gasteiger partial charge is 0.389 e. The Morgan fingerprint density at radius 2 is 2.05 bits per heavy atom. The van der Waals surface area contributed by atoms with Crippen molar-refractivity contribution in [2.45, 2.75) is 43.8 Å². The molecule has 118 valence electrons. The molecule has 1 aliphatic rings. The van der Waals surface area contributed by atoms with E-state index < -0.39 is 16.1 Å². The van der Waals surface area contributed by atoms with E-state index in [9.17, 15) is 13.5 Å². The van der Waals surface area contributed by atoms with E-state index in [1.165, 1.54) is 4.31 Å². The van der Waals surface area contributed by atoms with Crippen molar-refractivity contribution in [1.82, 2.24) is 4.31 Å². The smallest absolute Gasteiger partial charge is 0.243 e. The van der Waals surface area contributed by atoms with E-state index in [0.717, 1.165) is 12.8 Å². The van der Waals surface area contributed by atoms with Crippen LogP contribution in [0.1, 0.15) is 38.4 Å². The molecular weight excluding hydrogens is 290 g/mol. The van der Waals surface area contributed by atoms with E-state index >= 15 is 0 Å². The average Bonchev–Trinajstić information content (AvgIpc) is 2.97. The first kappa shape index (κ1) is 16.4. The topological polar surface area (TPSA) is 66.8 Å². The lowest BCUT2D eigenvalue weighted by Gasteiger charge is -2.23. The number of hydrogen-bond acceptors (Lipinski definition) is 4. The van der Waals surface area contributed by atoms with Crippen LogP contribution in [0.4, 0.5) is 0 Å². The number of hydrogen-bond donors (Lipinski definition) is 1. The van der Waals surface area contributed by atoms with Crippen LogP contribution >= 0.6 is 0 Å². The Labute approximate surface area is 126 Å². The molecule has 1 fully saturated rings. The van der Waals surface area contributed by atoms with Gasteiger partial charge in [-0.15, -0.1) is 0 Å². The lowest BCUT2D eigenvalue weighted by molar-refractivity contribution is 0.0947. The molecule has 2 unspecified atom stereocenters. The van der Waals surface area contributed by atoms with Gasteiger partial charge in [0.25, 0.3) is 0 Å². The van der Waals surface area contributed by atoms with Gasteiger partial charge in [0.15, 0.2) is 0 Å². The molecule has 21 heavy (non-hydrogen) atoms. The van der Waals surface area contributed by atoms with Crippen molar-refractivity contribution in [2.75, 3.05) is 19.7 Å². The van der Waals surface area contributed by atoms with E-state index in [0.29, 0.717) is 25.3 Å². The lowest BCUT2D eigenvalue weighted by atomic mass is 10.1. The summed E-state index contributed by atoms with van der Waals surface area (Å²) in [6, 6.07) is 6.40. The molecular formula is C15H23NO4S. The second-order valence-electron chi connectivity index (χ2n) is 5.34. The zero-order valence-corrected chi connectivity index (χ0v) is 13.3. The average molecular weight is 313 g/mol. The monoisotopic (exact) mass is 313 g/mol. The van der Waals surface area contributed by atoms with Crippen molar-refractivity contribution in [1.29, 1.82) is 0 Å². The van der Waals surface area contributed by atoms with Crippen molar-refractivity contribution >= 4 is 10.0 Å².